The third kappa shape index (κ3) is 0.857. The van der Waals surface area contributed by atoms with Gasteiger partial charge in [-0.1, -0.05) is 0 Å². The fourth-order valence-electron chi connectivity index (χ4n) is 1.00. The Bertz CT molecular complexity index is 305. The van der Waals surface area contributed by atoms with E-state index in [1.807, 2.05) is 0 Å². The van der Waals surface area contributed by atoms with Crippen LogP contribution in [0, 0.1) is 0 Å². The van der Waals surface area contributed by atoms with Crippen LogP contribution in [0.25, 0.3) is 5.88 Å². The summed E-state index contributed by atoms with van der Waals surface area (Å²) in [5.41, 5.74) is 0. The van der Waals surface area contributed by atoms with Crippen molar-refractivity contribution >= 4 is 11.7 Å². The number of anilines is 1. The van der Waals surface area contributed by atoms with E-state index in [4.69, 9.17) is 5.11 Å². The molecule has 3 N–H and O–H groups in total. The number of hydrogen-bond acceptors (Lipinski definition) is 4. The van der Waals surface area contributed by atoms with E-state index in [0.717, 1.165) is 0 Å². The molecule has 0 saturated carbocycles. The van der Waals surface area contributed by atoms with Gasteiger partial charge in [0.05, 0.1) is 6.20 Å². The minimum absolute atomic E-state index is 0.0590. The van der Waals surface area contributed by atoms with Gasteiger partial charge in [0.2, 0.25) is 5.88 Å². The zero-order valence-corrected chi connectivity index (χ0v) is 5.60. The Kier molecular flexibility index (Phi) is 1.13. The predicted molar refractivity (Wildman–Crippen MR) is 38.8 cm³/mol. The SMILES string of the molecule is OC1=CC(O)Nc2ccnn21. The van der Waals surface area contributed by atoms with Crippen LogP contribution in [0.3, 0.4) is 0 Å². The number of rotatable bonds is 0. The van der Waals surface area contributed by atoms with Crippen LogP contribution in [0.15, 0.2) is 18.3 Å². The molecule has 5 nitrogen and oxygen atoms in total. The quantitative estimate of drug-likeness (QED) is 0.490. The Hall–Kier alpha value is -1.49. The highest BCUT2D eigenvalue weighted by Gasteiger charge is 2.15. The van der Waals surface area contributed by atoms with E-state index in [1.54, 1.807) is 6.07 Å². The van der Waals surface area contributed by atoms with E-state index in [2.05, 4.69) is 10.4 Å². The molecular weight excluding hydrogens is 146 g/mol. The van der Waals surface area contributed by atoms with Crippen molar-refractivity contribution in [3.8, 4) is 0 Å². The van der Waals surface area contributed by atoms with E-state index in [0.29, 0.717) is 5.82 Å². The maximum Gasteiger partial charge on any atom is 0.214 e. The summed E-state index contributed by atoms with van der Waals surface area (Å²) in [6.45, 7) is 0. The van der Waals surface area contributed by atoms with Crippen LogP contribution in [-0.2, 0) is 0 Å². The third-order valence-corrected chi connectivity index (χ3v) is 1.46. The van der Waals surface area contributed by atoms with E-state index in [1.165, 1.54) is 17.0 Å². The van der Waals surface area contributed by atoms with E-state index in [9.17, 15) is 5.11 Å². The number of fused-ring (bicyclic) bond motifs is 1. The Labute approximate surface area is 62.6 Å². The minimum atomic E-state index is -0.834. The first-order valence-electron chi connectivity index (χ1n) is 3.17. The molecule has 0 amide bonds. The molecule has 2 heterocycles. The molecule has 58 valence electrons. The lowest BCUT2D eigenvalue weighted by atomic mass is 10.4. The molecule has 0 fully saturated rings. The molecule has 2 rings (SSSR count). The average Bonchev–Trinajstić information content (AvgIpc) is 2.34. The van der Waals surface area contributed by atoms with Gasteiger partial charge in [0.15, 0.2) is 0 Å². The van der Waals surface area contributed by atoms with Crippen molar-refractivity contribution in [1.82, 2.24) is 9.78 Å². The van der Waals surface area contributed by atoms with Gasteiger partial charge in [0, 0.05) is 12.1 Å². The first-order valence-corrected chi connectivity index (χ1v) is 3.17. The van der Waals surface area contributed by atoms with Crippen LogP contribution in [0.2, 0.25) is 0 Å². The molecule has 0 bridgehead atoms. The minimum Gasteiger partial charge on any atom is -0.493 e. The number of aromatic nitrogens is 2. The topological polar surface area (TPSA) is 70.3 Å². The maximum absolute atomic E-state index is 9.18. The number of nitrogens with zero attached hydrogens (tertiary/aromatic N) is 2. The fraction of sp³-hybridized carbons (Fsp3) is 0.167. The van der Waals surface area contributed by atoms with Gasteiger partial charge in [-0.05, 0) is 0 Å². The van der Waals surface area contributed by atoms with Gasteiger partial charge >= 0.3 is 0 Å². The third-order valence-electron chi connectivity index (χ3n) is 1.46. The molecule has 0 saturated heterocycles. The molecule has 0 spiro atoms. The summed E-state index contributed by atoms with van der Waals surface area (Å²) >= 11 is 0. The van der Waals surface area contributed by atoms with Crippen molar-refractivity contribution in [2.24, 2.45) is 0 Å². The smallest absolute Gasteiger partial charge is 0.214 e. The molecule has 1 aliphatic heterocycles. The molecule has 1 unspecified atom stereocenters. The van der Waals surface area contributed by atoms with Gasteiger partial charge in [-0.15, -0.1) is 0 Å². The highest BCUT2D eigenvalue weighted by atomic mass is 16.3. The number of hydrogen-bond donors (Lipinski definition) is 3. The van der Waals surface area contributed by atoms with Gasteiger partial charge in [-0.3, -0.25) is 0 Å². The Morgan fingerprint density at radius 1 is 1.64 bits per heavy atom. The van der Waals surface area contributed by atoms with Crippen LogP contribution in [-0.4, -0.2) is 26.2 Å². The summed E-state index contributed by atoms with van der Waals surface area (Å²) in [6.07, 6.45) is 1.96. The molecule has 1 atom stereocenters. The highest BCUT2D eigenvalue weighted by Crippen LogP contribution is 2.17. The standard InChI is InChI=1S/C6H7N3O2/c10-5-3-6(11)9-4(8-5)1-2-7-9/h1-3,5,8,10-11H. The number of nitrogens with one attached hydrogen (secondary N) is 1. The van der Waals surface area contributed by atoms with Gasteiger partial charge in [-0.25, -0.2) is 0 Å². The molecule has 1 aliphatic rings. The Morgan fingerprint density at radius 2 is 2.45 bits per heavy atom. The van der Waals surface area contributed by atoms with Gasteiger partial charge in [0.25, 0.3) is 0 Å². The maximum atomic E-state index is 9.18. The normalized spacial score (nSPS) is 21.9. The summed E-state index contributed by atoms with van der Waals surface area (Å²) in [5.74, 6) is 0.522. The molecular formula is C6H7N3O2. The zero-order valence-electron chi connectivity index (χ0n) is 5.60. The predicted octanol–water partition coefficient (Wildman–Crippen LogP) is -0.0166. The van der Waals surface area contributed by atoms with Crippen LogP contribution in [0.5, 0.6) is 0 Å². The molecule has 1 aromatic heterocycles. The van der Waals surface area contributed by atoms with Gasteiger partial charge in [-0.2, -0.15) is 9.78 Å². The molecule has 1 aromatic rings. The highest BCUT2D eigenvalue weighted by molar-refractivity contribution is 5.53. The Morgan fingerprint density at radius 3 is 3.27 bits per heavy atom. The van der Waals surface area contributed by atoms with Crippen LogP contribution in [0.4, 0.5) is 5.82 Å². The second kappa shape index (κ2) is 2.00. The van der Waals surface area contributed by atoms with Gasteiger partial charge in [0.1, 0.15) is 12.0 Å². The second-order valence-electron chi connectivity index (χ2n) is 2.24. The first kappa shape index (κ1) is 6.23. The summed E-state index contributed by atoms with van der Waals surface area (Å²) in [7, 11) is 0. The van der Waals surface area contributed by atoms with Crippen molar-refractivity contribution in [3.05, 3.63) is 18.3 Å². The van der Waals surface area contributed by atoms with E-state index >= 15 is 0 Å². The van der Waals surface area contributed by atoms with Crippen LogP contribution in [0.1, 0.15) is 0 Å². The van der Waals surface area contributed by atoms with Crippen LogP contribution < -0.4 is 5.32 Å². The largest absolute Gasteiger partial charge is 0.493 e. The number of aliphatic hydroxyl groups is 2. The van der Waals surface area contributed by atoms with Crippen molar-refractivity contribution in [3.63, 3.8) is 0 Å². The van der Waals surface area contributed by atoms with Crippen molar-refractivity contribution in [2.45, 2.75) is 6.23 Å². The monoisotopic (exact) mass is 153 g/mol. The summed E-state index contributed by atoms with van der Waals surface area (Å²) in [5, 5.41) is 24.7. The summed E-state index contributed by atoms with van der Waals surface area (Å²) < 4.78 is 1.30. The van der Waals surface area contributed by atoms with Crippen LogP contribution >= 0.6 is 0 Å². The zero-order chi connectivity index (χ0) is 7.84. The van der Waals surface area contributed by atoms with Crippen molar-refractivity contribution in [1.29, 1.82) is 0 Å². The fourth-order valence-corrected chi connectivity index (χ4v) is 1.00. The Balaban J connectivity index is 2.50. The first-order chi connectivity index (χ1) is 5.27. The molecule has 5 heteroatoms. The molecule has 11 heavy (non-hydrogen) atoms. The second-order valence-corrected chi connectivity index (χ2v) is 2.24. The lowest BCUT2D eigenvalue weighted by molar-refractivity contribution is 0.243. The molecule has 0 radical (unpaired) electrons. The lowest BCUT2D eigenvalue weighted by Crippen LogP contribution is -2.24. The van der Waals surface area contributed by atoms with Gasteiger partial charge < -0.3 is 15.5 Å². The van der Waals surface area contributed by atoms with E-state index < -0.39 is 6.23 Å². The van der Waals surface area contributed by atoms with Crippen molar-refractivity contribution < 1.29 is 10.2 Å². The molecule has 0 aliphatic carbocycles. The molecule has 0 aromatic carbocycles. The average molecular weight is 153 g/mol. The number of aliphatic hydroxyl groups excluding tert-OH is 2. The lowest BCUT2D eigenvalue weighted by Gasteiger charge is -2.17. The van der Waals surface area contributed by atoms with E-state index in [-0.39, 0.29) is 5.88 Å². The van der Waals surface area contributed by atoms with Crippen molar-refractivity contribution in [2.75, 3.05) is 5.32 Å². The summed E-state index contributed by atoms with van der Waals surface area (Å²) in [4.78, 5) is 0. The summed E-state index contributed by atoms with van der Waals surface area (Å²) in [6, 6.07) is 1.66.